The van der Waals surface area contributed by atoms with Gasteiger partial charge in [-0.25, -0.2) is 0 Å². The van der Waals surface area contributed by atoms with Crippen LogP contribution in [0.1, 0.15) is 6.92 Å². The third kappa shape index (κ3) is 11.5. The van der Waals surface area contributed by atoms with Crippen LogP contribution in [0.15, 0.2) is 0 Å². The highest BCUT2D eigenvalue weighted by Gasteiger charge is 2.23. The fourth-order valence-electron chi connectivity index (χ4n) is 0.763. The van der Waals surface area contributed by atoms with Crippen LogP contribution in [0.4, 0.5) is 0 Å². The van der Waals surface area contributed by atoms with Gasteiger partial charge in [0.25, 0.3) is 0 Å². The molecule has 0 heterocycles. The lowest BCUT2D eigenvalue weighted by Gasteiger charge is -2.23. The minimum absolute atomic E-state index is 0.179. The highest BCUT2D eigenvalue weighted by atomic mass is 32.2. The van der Waals surface area contributed by atoms with Gasteiger partial charge in [0, 0.05) is 28.8 Å². The lowest BCUT2D eigenvalue weighted by Crippen LogP contribution is -2.19. The van der Waals surface area contributed by atoms with Crippen molar-refractivity contribution >= 4 is 85.8 Å². The molecule has 0 spiro atoms. The van der Waals surface area contributed by atoms with Gasteiger partial charge in [-0.05, 0) is 12.7 Å². The molecule has 1 atom stereocenters. The van der Waals surface area contributed by atoms with Crippen molar-refractivity contribution in [2.45, 2.75) is 15.6 Å². The first kappa shape index (κ1) is 18.4. The SMILES string of the molecule is CC(S)(S)C(S)SCCSCCSCCS. The van der Waals surface area contributed by atoms with Crippen LogP contribution < -0.4 is 0 Å². The molecule has 0 amide bonds. The second-order valence-electron chi connectivity index (χ2n) is 3.27. The summed E-state index contributed by atoms with van der Waals surface area (Å²) in [7, 11) is 0. The molecule has 0 radical (unpaired) electrons. The molecule has 1 unspecified atom stereocenters. The Kier molecular flexibility index (Phi) is 13.0. The summed E-state index contributed by atoms with van der Waals surface area (Å²) in [6.45, 7) is 1.98. The summed E-state index contributed by atoms with van der Waals surface area (Å²) >= 11 is 23.2. The van der Waals surface area contributed by atoms with Gasteiger partial charge in [0.2, 0.25) is 0 Å². The average molecular weight is 353 g/mol. The van der Waals surface area contributed by atoms with E-state index in [-0.39, 0.29) is 8.66 Å². The smallest absolute Gasteiger partial charge is 0.0730 e. The van der Waals surface area contributed by atoms with Crippen LogP contribution in [-0.4, -0.2) is 43.2 Å². The van der Waals surface area contributed by atoms with Gasteiger partial charge in [-0.1, -0.05) is 0 Å². The molecule has 0 aliphatic rings. The van der Waals surface area contributed by atoms with Crippen LogP contribution in [0, 0.1) is 0 Å². The van der Waals surface area contributed by atoms with Crippen molar-refractivity contribution in [3.63, 3.8) is 0 Å². The van der Waals surface area contributed by atoms with Crippen LogP contribution in [0.3, 0.4) is 0 Å². The zero-order valence-corrected chi connectivity index (χ0v) is 15.4. The van der Waals surface area contributed by atoms with Crippen molar-refractivity contribution < 1.29 is 0 Å². The normalized spacial score (nSPS) is 14.1. The monoisotopic (exact) mass is 352 g/mol. The second-order valence-corrected chi connectivity index (χ2v) is 10.5. The Morgan fingerprint density at radius 1 is 1.00 bits per heavy atom. The molecular formula is C9H20S7. The van der Waals surface area contributed by atoms with Gasteiger partial charge in [-0.15, -0.1) is 11.8 Å². The van der Waals surface area contributed by atoms with Crippen LogP contribution in [0.5, 0.6) is 0 Å². The van der Waals surface area contributed by atoms with E-state index in [9.17, 15) is 0 Å². The molecule has 0 aromatic rings. The minimum Gasteiger partial charge on any atom is -0.179 e. The lowest BCUT2D eigenvalue weighted by molar-refractivity contribution is 1.03. The molecule has 16 heavy (non-hydrogen) atoms. The molecular weight excluding hydrogens is 333 g/mol. The topological polar surface area (TPSA) is 0 Å². The van der Waals surface area contributed by atoms with Gasteiger partial charge in [0.05, 0.1) is 8.66 Å². The maximum Gasteiger partial charge on any atom is 0.0730 e. The van der Waals surface area contributed by atoms with Gasteiger partial charge in [0.1, 0.15) is 0 Å². The van der Waals surface area contributed by atoms with Crippen molar-refractivity contribution in [2.75, 3.05) is 34.5 Å². The van der Waals surface area contributed by atoms with Gasteiger partial charge >= 0.3 is 0 Å². The highest BCUT2D eigenvalue weighted by molar-refractivity contribution is 8.14. The zero-order valence-electron chi connectivity index (χ0n) is 9.33. The maximum atomic E-state index is 4.47. The van der Waals surface area contributed by atoms with Crippen molar-refractivity contribution in [3.05, 3.63) is 0 Å². The third-order valence-corrected chi connectivity index (χ3v) is 8.06. The van der Waals surface area contributed by atoms with Gasteiger partial charge < -0.3 is 0 Å². The Hall–Kier alpha value is 2.45. The summed E-state index contributed by atoms with van der Waals surface area (Å²) in [6, 6.07) is 0. The molecule has 7 heteroatoms. The summed E-state index contributed by atoms with van der Waals surface area (Å²) < 4.78 is -0.126. The number of hydrogen-bond donors (Lipinski definition) is 4. The Labute approximate surface area is 135 Å². The predicted molar refractivity (Wildman–Crippen MR) is 100 cm³/mol. The highest BCUT2D eigenvalue weighted by Crippen LogP contribution is 2.35. The van der Waals surface area contributed by atoms with Crippen molar-refractivity contribution in [1.29, 1.82) is 0 Å². The molecule has 98 valence electrons. The van der Waals surface area contributed by atoms with E-state index in [0.717, 1.165) is 17.3 Å². The molecule has 0 aliphatic heterocycles. The first-order chi connectivity index (χ1) is 7.48. The van der Waals surface area contributed by atoms with Crippen molar-refractivity contribution in [1.82, 2.24) is 0 Å². The summed E-state index contributed by atoms with van der Waals surface area (Å²) in [5, 5.41) is 0. The van der Waals surface area contributed by atoms with E-state index < -0.39 is 0 Å². The number of thioether (sulfide) groups is 3. The van der Waals surface area contributed by atoms with E-state index in [1.165, 1.54) is 17.3 Å². The largest absolute Gasteiger partial charge is 0.179 e. The molecule has 0 aliphatic carbocycles. The van der Waals surface area contributed by atoms with E-state index in [1.807, 2.05) is 42.2 Å². The zero-order chi connectivity index (χ0) is 12.4. The molecule has 0 fully saturated rings. The van der Waals surface area contributed by atoms with Crippen molar-refractivity contribution in [3.8, 4) is 0 Å². The van der Waals surface area contributed by atoms with Gasteiger partial charge in [-0.3, -0.25) is 0 Å². The Balaban J connectivity index is 3.21. The van der Waals surface area contributed by atoms with Crippen LogP contribution in [0.2, 0.25) is 0 Å². The molecule has 0 bridgehead atoms. The predicted octanol–water partition coefficient (Wildman–Crippen LogP) is 3.95. The molecule has 0 saturated carbocycles. The minimum atomic E-state index is -0.305. The molecule has 0 rings (SSSR count). The van der Waals surface area contributed by atoms with E-state index in [0.29, 0.717) is 0 Å². The number of rotatable bonds is 10. The molecule has 0 N–H and O–H groups in total. The van der Waals surface area contributed by atoms with Crippen LogP contribution in [0.25, 0.3) is 0 Å². The van der Waals surface area contributed by atoms with Gasteiger partial charge in [0.15, 0.2) is 0 Å². The van der Waals surface area contributed by atoms with E-state index in [4.69, 9.17) is 0 Å². The number of thiol groups is 4. The van der Waals surface area contributed by atoms with Gasteiger partial charge in [-0.2, -0.15) is 74.0 Å². The van der Waals surface area contributed by atoms with E-state index >= 15 is 0 Å². The molecule has 0 aromatic heterocycles. The standard InChI is InChI=1S/C9H20S7/c1-9(12,13)8(11)16-7-6-15-5-4-14-3-2-10/h8,10-13H,2-7H2,1H3. The summed E-state index contributed by atoms with van der Waals surface area (Å²) in [6.07, 6.45) is 0. The fraction of sp³-hybridized carbons (Fsp3) is 1.00. The van der Waals surface area contributed by atoms with Crippen molar-refractivity contribution in [2.24, 2.45) is 0 Å². The van der Waals surface area contributed by atoms with E-state index in [1.54, 1.807) is 0 Å². The summed E-state index contributed by atoms with van der Waals surface area (Å²) in [4.78, 5) is 0. The van der Waals surface area contributed by atoms with Crippen LogP contribution in [-0.2, 0) is 0 Å². The third-order valence-electron chi connectivity index (χ3n) is 1.58. The Morgan fingerprint density at radius 2 is 1.50 bits per heavy atom. The molecule has 0 nitrogen and oxygen atoms in total. The first-order valence-electron chi connectivity index (χ1n) is 4.99. The van der Waals surface area contributed by atoms with Crippen LogP contribution >= 0.6 is 85.8 Å². The summed E-state index contributed by atoms with van der Waals surface area (Å²) in [5.74, 6) is 6.91. The second kappa shape index (κ2) is 11.3. The Bertz CT molecular complexity index is 156. The number of hydrogen-bond acceptors (Lipinski definition) is 7. The first-order valence-corrected chi connectivity index (χ1v) is 10.4. The molecule has 0 saturated heterocycles. The fourth-order valence-corrected chi connectivity index (χ4v) is 4.79. The van der Waals surface area contributed by atoms with E-state index in [2.05, 4.69) is 50.5 Å². The summed E-state index contributed by atoms with van der Waals surface area (Å²) in [5.41, 5.74) is 0. The maximum absolute atomic E-state index is 4.47. The quantitative estimate of drug-likeness (QED) is 0.267. The lowest BCUT2D eigenvalue weighted by atomic mass is 10.5. The Morgan fingerprint density at radius 3 is 2.00 bits per heavy atom. The molecule has 0 aromatic carbocycles. The average Bonchev–Trinajstić information content (AvgIpc) is 2.20.